The summed E-state index contributed by atoms with van der Waals surface area (Å²) in [6, 6.07) is 5.31. The van der Waals surface area contributed by atoms with Crippen LogP contribution in [0.2, 0.25) is 0 Å². The minimum atomic E-state index is 0.00678. The molecule has 3 N–H and O–H groups in total. The van der Waals surface area contributed by atoms with Crippen LogP contribution in [0, 0.1) is 0 Å². The van der Waals surface area contributed by atoms with Crippen molar-refractivity contribution in [2.75, 3.05) is 22.6 Å². The van der Waals surface area contributed by atoms with Gasteiger partial charge in [-0.25, -0.2) is 0 Å². The number of nitrogen functional groups attached to an aromatic ring is 1. The van der Waals surface area contributed by atoms with Gasteiger partial charge in [-0.2, -0.15) is 11.8 Å². The number of hydrogen-bond acceptors (Lipinski definition) is 3. The van der Waals surface area contributed by atoms with E-state index in [1.165, 1.54) is 0 Å². The fourth-order valence-electron chi connectivity index (χ4n) is 1.01. The van der Waals surface area contributed by atoms with Gasteiger partial charge in [-0.3, -0.25) is 4.79 Å². The molecule has 0 saturated heterocycles. The Kier molecular flexibility index (Phi) is 4.98. The summed E-state index contributed by atoms with van der Waals surface area (Å²) in [5.41, 5.74) is 7.02. The van der Waals surface area contributed by atoms with Crippen LogP contribution in [0.4, 0.5) is 11.4 Å². The Bertz CT molecular complexity index is 357. The predicted octanol–water partition coefficient (Wildman–Crippen LogP) is 2.72. The maximum atomic E-state index is 11.4. The van der Waals surface area contributed by atoms with Crippen LogP contribution >= 0.6 is 27.7 Å². The van der Waals surface area contributed by atoms with E-state index >= 15 is 0 Å². The number of thioether (sulfide) groups is 1. The van der Waals surface area contributed by atoms with E-state index in [0.29, 0.717) is 11.4 Å². The maximum absolute atomic E-state index is 11.4. The van der Waals surface area contributed by atoms with Crippen LogP contribution in [0.15, 0.2) is 22.7 Å². The number of amides is 1. The molecule has 1 rings (SSSR count). The van der Waals surface area contributed by atoms with Crippen LogP contribution in [0.3, 0.4) is 0 Å². The zero-order valence-corrected chi connectivity index (χ0v) is 10.8. The Morgan fingerprint density at radius 2 is 2.33 bits per heavy atom. The number of halogens is 1. The lowest BCUT2D eigenvalue weighted by atomic mass is 10.3. The van der Waals surface area contributed by atoms with Crippen LogP contribution in [0.5, 0.6) is 0 Å². The molecular weight excluding hydrogens is 276 g/mol. The maximum Gasteiger partial charge on any atom is 0.234 e. The smallest absolute Gasteiger partial charge is 0.234 e. The molecule has 0 atom stereocenters. The van der Waals surface area contributed by atoms with E-state index in [0.717, 1.165) is 15.9 Å². The van der Waals surface area contributed by atoms with E-state index in [2.05, 4.69) is 21.2 Å². The first-order valence-corrected chi connectivity index (χ1v) is 6.51. The van der Waals surface area contributed by atoms with Crippen molar-refractivity contribution in [1.29, 1.82) is 0 Å². The lowest BCUT2D eigenvalue weighted by Gasteiger charge is -2.07. The first-order chi connectivity index (χ1) is 7.13. The van der Waals surface area contributed by atoms with E-state index in [1.54, 1.807) is 30.0 Å². The molecule has 3 nitrogen and oxygen atoms in total. The normalized spacial score (nSPS) is 10.0. The van der Waals surface area contributed by atoms with Crippen molar-refractivity contribution in [1.82, 2.24) is 0 Å². The quantitative estimate of drug-likeness (QED) is 0.838. The third-order valence-electron chi connectivity index (χ3n) is 1.70. The minimum absolute atomic E-state index is 0.00678. The van der Waals surface area contributed by atoms with Crippen LogP contribution < -0.4 is 11.1 Å². The summed E-state index contributed by atoms with van der Waals surface area (Å²) in [7, 11) is 0. The summed E-state index contributed by atoms with van der Waals surface area (Å²) in [6.07, 6.45) is 0. The molecule has 0 spiro atoms. The molecule has 0 aliphatic rings. The molecule has 0 unspecified atom stereocenters. The fraction of sp³-hybridized carbons (Fsp3) is 0.300. The van der Waals surface area contributed by atoms with Gasteiger partial charge in [0, 0.05) is 10.2 Å². The molecule has 15 heavy (non-hydrogen) atoms. The molecule has 1 aromatic carbocycles. The van der Waals surface area contributed by atoms with Crippen LogP contribution in [-0.4, -0.2) is 17.4 Å². The average Bonchev–Trinajstić information content (AvgIpc) is 2.19. The van der Waals surface area contributed by atoms with Crippen molar-refractivity contribution in [2.45, 2.75) is 6.92 Å². The van der Waals surface area contributed by atoms with Gasteiger partial charge < -0.3 is 11.1 Å². The number of carbonyl (C=O) groups excluding carboxylic acids is 1. The first-order valence-electron chi connectivity index (χ1n) is 4.56. The van der Waals surface area contributed by atoms with Gasteiger partial charge in [0.15, 0.2) is 0 Å². The second-order valence-corrected chi connectivity index (χ2v) is 5.05. The molecule has 1 amide bonds. The summed E-state index contributed by atoms with van der Waals surface area (Å²) < 4.78 is 0.803. The Balaban J connectivity index is 2.60. The number of hydrogen-bond donors (Lipinski definition) is 2. The predicted molar refractivity (Wildman–Crippen MR) is 70.2 cm³/mol. The number of nitrogens with one attached hydrogen (secondary N) is 1. The summed E-state index contributed by atoms with van der Waals surface area (Å²) >= 11 is 4.93. The Hall–Kier alpha value is -0.680. The highest BCUT2D eigenvalue weighted by molar-refractivity contribution is 9.10. The zero-order chi connectivity index (χ0) is 11.3. The van der Waals surface area contributed by atoms with Gasteiger partial charge in [0.1, 0.15) is 0 Å². The van der Waals surface area contributed by atoms with Crippen molar-refractivity contribution in [2.24, 2.45) is 0 Å². The molecule has 5 heteroatoms. The molecular formula is C10H13BrN2OS. The summed E-state index contributed by atoms with van der Waals surface area (Å²) in [6.45, 7) is 2.02. The van der Waals surface area contributed by atoms with Gasteiger partial charge in [-0.1, -0.05) is 6.92 Å². The van der Waals surface area contributed by atoms with Gasteiger partial charge in [0.2, 0.25) is 5.91 Å². The van der Waals surface area contributed by atoms with Gasteiger partial charge in [0.25, 0.3) is 0 Å². The Morgan fingerprint density at radius 3 is 2.93 bits per heavy atom. The highest BCUT2D eigenvalue weighted by Crippen LogP contribution is 2.24. The molecule has 0 radical (unpaired) electrons. The van der Waals surface area contributed by atoms with Crippen molar-refractivity contribution in [3.8, 4) is 0 Å². The largest absolute Gasteiger partial charge is 0.399 e. The summed E-state index contributed by atoms with van der Waals surface area (Å²) in [4.78, 5) is 11.4. The first kappa shape index (κ1) is 12.4. The Labute approximate surface area is 102 Å². The number of rotatable bonds is 4. The van der Waals surface area contributed by atoms with Gasteiger partial charge in [-0.05, 0) is 39.9 Å². The van der Waals surface area contributed by atoms with E-state index in [9.17, 15) is 4.79 Å². The zero-order valence-electron chi connectivity index (χ0n) is 8.42. The van der Waals surface area contributed by atoms with Crippen LogP contribution in [0.1, 0.15) is 6.92 Å². The Morgan fingerprint density at radius 1 is 1.60 bits per heavy atom. The summed E-state index contributed by atoms with van der Waals surface area (Å²) in [5.74, 6) is 1.43. The van der Waals surface area contributed by atoms with Crippen molar-refractivity contribution < 1.29 is 4.79 Å². The van der Waals surface area contributed by atoms with Gasteiger partial charge in [-0.15, -0.1) is 0 Å². The standard InChI is InChI=1S/C10H13BrN2OS/c1-2-15-6-10(14)13-9-4-3-7(12)5-8(9)11/h3-5H,2,6,12H2,1H3,(H,13,14). The highest BCUT2D eigenvalue weighted by atomic mass is 79.9. The lowest BCUT2D eigenvalue weighted by Crippen LogP contribution is -2.14. The van der Waals surface area contributed by atoms with Crippen LogP contribution in [-0.2, 0) is 4.79 Å². The SMILES string of the molecule is CCSCC(=O)Nc1ccc(N)cc1Br. The highest BCUT2D eigenvalue weighted by Gasteiger charge is 2.05. The lowest BCUT2D eigenvalue weighted by molar-refractivity contribution is -0.113. The van der Waals surface area contributed by atoms with Crippen molar-refractivity contribution in [3.63, 3.8) is 0 Å². The second kappa shape index (κ2) is 6.02. The average molecular weight is 289 g/mol. The number of benzene rings is 1. The molecule has 0 aliphatic carbocycles. The molecule has 0 heterocycles. The number of carbonyl (C=O) groups is 1. The van der Waals surface area contributed by atoms with E-state index in [-0.39, 0.29) is 5.91 Å². The molecule has 82 valence electrons. The number of anilines is 2. The third kappa shape index (κ3) is 4.13. The van der Waals surface area contributed by atoms with E-state index in [1.807, 2.05) is 6.92 Å². The molecule has 1 aromatic rings. The topological polar surface area (TPSA) is 55.1 Å². The van der Waals surface area contributed by atoms with Gasteiger partial charge >= 0.3 is 0 Å². The molecule has 0 fully saturated rings. The molecule has 0 bridgehead atoms. The van der Waals surface area contributed by atoms with Crippen LogP contribution in [0.25, 0.3) is 0 Å². The van der Waals surface area contributed by atoms with E-state index in [4.69, 9.17) is 5.73 Å². The monoisotopic (exact) mass is 288 g/mol. The fourth-order valence-corrected chi connectivity index (χ4v) is 1.97. The molecule has 0 aromatic heterocycles. The van der Waals surface area contributed by atoms with Crippen molar-refractivity contribution in [3.05, 3.63) is 22.7 Å². The summed E-state index contributed by atoms with van der Waals surface area (Å²) in [5, 5.41) is 2.81. The van der Waals surface area contributed by atoms with E-state index < -0.39 is 0 Å². The number of nitrogens with two attached hydrogens (primary N) is 1. The molecule has 0 saturated carbocycles. The van der Waals surface area contributed by atoms with Crippen molar-refractivity contribution >= 4 is 45.0 Å². The molecule has 0 aliphatic heterocycles. The van der Waals surface area contributed by atoms with Gasteiger partial charge in [0.05, 0.1) is 11.4 Å². The second-order valence-electron chi connectivity index (χ2n) is 2.92. The third-order valence-corrected chi connectivity index (χ3v) is 3.24. The minimum Gasteiger partial charge on any atom is -0.399 e.